The third-order valence-corrected chi connectivity index (χ3v) is 1.55. The van der Waals surface area contributed by atoms with Crippen LogP contribution in [0, 0.1) is 0 Å². The topological polar surface area (TPSA) is 9.23 Å². The van der Waals surface area contributed by atoms with Gasteiger partial charge >= 0.3 is 0 Å². The standard InChI is InChI=1S/C6H14OS/c1-3-4-6(5-8)7-2/h6,8H,3-5H2,1-2H3. The Morgan fingerprint density at radius 1 is 1.62 bits per heavy atom. The van der Waals surface area contributed by atoms with Gasteiger partial charge in [0, 0.05) is 12.9 Å². The molecule has 0 aliphatic rings. The molecule has 0 aliphatic carbocycles. The second-order valence-electron chi connectivity index (χ2n) is 1.83. The highest BCUT2D eigenvalue weighted by atomic mass is 32.1. The van der Waals surface area contributed by atoms with Gasteiger partial charge in [0.25, 0.3) is 0 Å². The maximum absolute atomic E-state index is 5.06. The van der Waals surface area contributed by atoms with Gasteiger partial charge in [-0.25, -0.2) is 0 Å². The normalized spacial score (nSPS) is 13.9. The van der Waals surface area contributed by atoms with Gasteiger partial charge in [-0.15, -0.1) is 0 Å². The lowest BCUT2D eigenvalue weighted by Crippen LogP contribution is -2.10. The van der Waals surface area contributed by atoms with E-state index in [1.165, 1.54) is 6.42 Å². The number of hydrogen-bond acceptors (Lipinski definition) is 2. The summed E-state index contributed by atoms with van der Waals surface area (Å²) in [5.74, 6) is 0.838. The first-order chi connectivity index (χ1) is 3.85. The molecule has 0 aliphatic heterocycles. The van der Waals surface area contributed by atoms with E-state index in [-0.39, 0.29) is 0 Å². The van der Waals surface area contributed by atoms with Gasteiger partial charge in [-0.2, -0.15) is 12.6 Å². The predicted octanol–water partition coefficient (Wildman–Crippen LogP) is 1.73. The molecule has 0 spiro atoms. The van der Waals surface area contributed by atoms with Crippen LogP contribution in [0.2, 0.25) is 0 Å². The van der Waals surface area contributed by atoms with Gasteiger partial charge in [0.2, 0.25) is 0 Å². The maximum Gasteiger partial charge on any atom is 0.0659 e. The Kier molecular flexibility index (Phi) is 5.66. The van der Waals surface area contributed by atoms with Crippen LogP contribution in [0.4, 0.5) is 0 Å². The minimum Gasteiger partial charge on any atom is -0.381 e. The van der Waals surface area contributed by atoms with E-state index in [9.17, 15) is 0 Å². The molecule has 0 aromatic heterocycles. The summed E-state index contributed by atoms with van der Waals surface area (Å²) in [7, 11) is 1.73. The molecule has 0 saturated heterocycles. The maximum atomic E-state index is 5.06. The van der Waals surface area contributed by atoms with Crippen molar-refractivity contribution in [3.05, 3.63) is 0 Å². The number of thiol groups is 1. The molecule has 0 fully saturated rings. The van der Waals surface area contributed by atoms with Crippen molar-refractivity contribution >= 4 is 12.6 Å². The number of ether oxygens (including phenoxy) is 1. The van der Waals surface area contributed by atoms with Gasteiger partial charge < -0.3 is 4.74 Å². The van der Waals surface area contributed by atoms with Crippen molar-refractivity contribution in [2.24, 2.45) is 0 Å². The molecule has 2 heteroatoms. The molecule has 0 bridgehead atoms. The average molecular weight is 134 g/mol. The van der Waals surface area contributed by atoms with Crippen molar-refractivity contribution in [1.82, 2.24) is 0 Å². The summed E-state index contributed by atoms with van der Waals surface area (Å²) in [6, 6.07) is 0. The first-order valence-electron chi connectivity index (χ1n) is 2.98. The molecule has 0 N–H and O–H groups in total. The second kappa shape index (κ2) is 5.45. The first-order valence-corrected chi connectivity index (χ1v) is 3.62. The van der Waals surface area contributed by atoms with Crippen LogP contribution in [-0.4, -0.2) is 19.0 Å². The Morgan fingerprint density at radius 2 is 2.25 bits per heavy atom. The molecule has 0 rings (SSSR count). The van der Waals surface area contributed by atoms with Crippen LogP contribution in [0.5, 0.6) is 0 Å². The van der Waals surface area contributed by atoms with Crippen molar-refractivity contribution in [1.29, 1.82) is 0 Å². The highest BCUT2D eigenvalue weighted by molar-refractivity contribution is 7.80. The molecule has 1 nitrogen and oxygen atoms in total. The third-order valence-electron chi connectivity index (χ3n) is 1.15. The molecule has 50 valence electrons. The summed E-state index contributed by atoms with van der Waals surface area (Å²) in [6.45, 7) is 2.15. The van der Waals surface area contributed by atoms with Gasteiger partial charge in [-0.05, 0) is 6.42 Å². The van der Waals surface area contributed by atoms with Gasteiger partial charge in [0.1, 0.15) is 0 Å². The molecule has 0 aromatic rings. The molecule has 0 amide bonds. The van der Waals surface area contributed by atoms with Gasteiger partial charge in [-0.3, -0.25) is 0 Å². The fourth-order valence-electron chi connectivity index (χ4n) is 0.606. The van der Waals surface area contributed by atoms with Gasteiger partial charge in [0.15, 0.2) is 0 Å². The van der Waals surface area contributed by atoms with Gasteiger partial charge in [0.05, 0.1) is 6.10 Å². The zero-order valence-electron chi connectivity index (χ0n) is 5.55. The zero-order valence-corrected chi connectivity index (χ0v) is 6.45. The summed E-state index contributed by atoms with van der Waals surface area (Å²) in [5, 5.41) is 0. The van der Waals surface area contributed by atoms with Crippen LogP contribution in [0.3, 0.4) is 0 Å². The van der Waals surface area contributed by atoms with Crippen LogP contribution in [-0.2, 0) is 4.74 Å². The zero-order chi connectivity index (χ0) is 6.41. The Balaban J connectivity index is 3.07. The van der Waals surface area contributed by atoms with Crippen molar-refractivity contribution < 1.29 is 4.74 Å². The largest absolute Gasteiger partial charge is 0.381 e. The van der Waals surface area contributed by atoms with Crippen LogP contribution in [0.15, 0.2) is 0 Å². The molecular weight excluding hydrogens is 120 g/mol. The molecule has 1 unspecified atom stereocenters. The smallest absolute Gasteiger partial charge is 0.0659 e. The summed E-state index contributed by atoms with van der Waals surface area (Å²) in [6.07, 6.45) is 2.67. The highest BCUT2D eigenvalue weighted by Crippen LogP contribution is 2.01. The molecule has 1 atom stereocenters. The van der Waals surface area contributed by atoms with Crippen LogP contribution in [0.1, 0.15) is 19.8 Å². The Hall–Kier alpha value is 0.310. The fraction of sp³-hybridized carbons (Fsp3) is 1.00. The van der Waals surface area contributed by atoms with E-state index in [1.807, 2.05) is 0 Å². The summed E-state index contributed by atoms with van der Waals surface area (Å²) in [5.41, 5.74) is 0. The minimum absolute atomic E-state index is 0.364. The fourth-order valence-corrected chi connectivity index (χ4v) is 0.937. The first kappa shape index (κ1) is 8.31. The second-order valence-corrected chi connectivity index (χ2v) is 2.19. The van der Waals surface area contributed by atoms with E-state index in [4.69, 9.17) is 4.74 Å². The molecule has 0 radical (unpaired) electrons. The predicted molar refractivity (Wildman–Crippen MR) is 39.6 cm³/mol. The Morgan fingerprint density at radius 3 is 2.38 bits per heavy atom. The molecule has 8 heavy (non-hydrogen) atoms. The quantitative estimate of drug-likeness (QED) is 0.576. The van der Waals surface area contributed by atoms with E-state index < -0.39 is 0 Å². The van der Waals surface area contributed by atoms with Crippen molar-refractivity contribution in [2.75, 3.05) is 12.9 Å². The minimum atomic E-state index is 0.364. The van der Waals surface area contributed by atoms with E-state index in [2.05, 4.69) is 19.6 Å². The third kappa shape index (κ3) is 3.33. The van der Waals surface area contributed by atoms with Crippen molar-refractivity contribution in [2.45, 2.75) is 25.9 Å². The van der Waals surface area contributed by atoms with Gasteiger partial charge in [-0.1, -0.05) is 13.3 Å². The monoisotopic (exact) mass is 134 g/mol. The molecule has 0 saturated carbocycles. The van der Waals surface area contributed by atoms with Crippen molar-refractivity contribution in [3.8, 4) is 0 Å². The average Bonchev–Trinajstić information content (AvgIpc) is 1.83. The number of hydrogen-bond donors (Lipinski definition) is 1. The van der Waals surface area contributed by atoms with Crippen molar-refractivity contribution in [3.63, 3.8) is 0 Å². The number of rotatable bonds is 4. The SMILES string of the molecule is CCCC(CS)OC. The van der Waals surface area contributed by atoms with Crippen LogP contribution in [0.25, 0.3) is 0 Å². The summed E-state index contributed by atoms with van der Waals surface area (Å²) < 4.78 is 5.06. The molecule has 0 aromatic carbocycles. The van der Waals surface area contributed by atoms with E-state index in [0.717, 1.165) is 12.2 Å². The summed E-state index contributed by atoms with van der Waals surface area (Å²) >= 11 is 4.10. The van der Waals surface area contributed by atoms with Crippen LogP contribution < -0.4 is 0 Å². The van der Waals surface area contributed by atoms with E-state index in [0.29, 0.717) is 6.10 Å². The Bertz CT molecular complexity index is 43.8. The molecular formula is C6H14OS. The highest BCUT2D eigenvalue weighted by Gasteiger charge is 1.99. The summed E-state index contributed by atoms with van der Waals surface area (Å²) in [4.78, 5) is 0. The lowest BCUT2D eigenvalue weighted by molar-refractivity contribution is 0.114. The Labute approximate surface area is 56.8 Å². The number of methoxy groups -OCH3 is 1. The van der Waals surface area contributed by atoms with E-state index in [1.54, 1.807) is 7.11 Å². The van der Waals surface area contributed by atoms with Crippen LogP contribution >= 0.6 is 12.6 Å². The lowest BCUT2D eigenvalue weighted by atomic mass is 10.2. The lowest BCUT2D eigenvalue weighted by Gasteiger charge is -2.09. The molecule has 0 heterocycles. The van der Waals surface area contributed by atoms with E-state index >= 15 is 0 Å².